The van der Waals surface area contributed by atoms with Crippen molar-refractivity contribution in [2.24, 2.45) is 5.73 Å². The van der Waals surface area contributed by atoms with Crippen molar-refractivity contribution in [3.63, 3.8) is 0 Å². The van der Waals surface area contributed by atoms with Crippen LogP contribution in [0.1, 0.15) is 44.2 Å². The number of ether oxygens (including phenoxy) is 2. The largest absolute Gasteiger partial charge is 0.493 e. The van der Waals surface area contributed by atoms with E-state index in [1.165, 1.54) is 0 Å². The lowest BCUT2D eigenvalue weighted by molar-refractivity contribution is 0.00567. The summed E-state index contributed by atoms with van der Waals surface area (Å²) in [6.07, 6.45) is 3.35. The molecule has 19 heavy (non-hydrogen) atoms. The number of aliphatic hydroxyl groups excluding tert-OH is 1. The zero-order valence-corrected chi connectivity index (χ0v) is 11.6. The lowest BCUT2D eigenvalue weighted by Crippen LogP contribution is -2.34. The molecule has 0 heterocycles. The summed E-state index contributed by atoms with van der Waals surface area (Å²) in [5.74, 6) is 1.35. The smallest absolute Gasteiger partial charge is 0.161 e. The van der Waals surface area contributed by atoms with E-state index in [2.05, 4.69) is 0 Å². The molecule has 1 aromatic carbocycles. The molecular weight excluding hydrogens is 242 g/mol. The topological polar surface area (TPSA) is 64.7 Å². The molecule has 4 nitrogen and oxygen atoms in total. The molecule has 0 saturated heterocycles. The summed E-state index contributed by atoms with van der Waals surface area (Å²) >= 11 is 0. The molecule has 2 unspecified atom stereocenters. The molecule has 2 rings (SSSR count). The van der Waals surface area contributed by atoms with E-state index in [9.17, 15) is 5.11 Å². The van der Waals surface area contributed by atoms with E-state index in [1.807, 2.05) is 25.1 Å². The highest BCUT2D eigenvalue weighted by Crippen LogP contribution is 2.33. The Bertz CT molecular complexity index is 420. The van der Waals surface area contributed by atoms with Gasteiger partial charge in [-0.2, -0.15) is 0 Å². The summed E-state index contributed by atoms with van der Waals surface area (Å²) in [6.45, 7) is 1.93. The van der Waals surface area contributed by atoms with Crippen LogP contribution in [-0.4, -0.2) is 24.4 Å². The van der Waals surface area contributed by atoms with Crippen LogP contribution in [0.2, 0.25) is 0 Å². The summed E-state index contributed by atoms with van der Waals surface area (Å²) < 4.78 is 11.3. The summed E-state index contributed by atoms with van der Waals surface area (Å²) in [4.78, 5) is 0. The fourth-order valence-electron chi connectivity index (χ4n) is 2.44. The van der Waals surface area contributed by atoms with Crippen LogP contribution >= 0.6 is 0 Å². The SMILES string of the molecule is COc1cc([C@@H](C)N)ccc1OC1CCCCC1O. The first-order valence-corrected chi connectivity index (χ1v) is 6.90. The second-order valence-corrected chi connectivity index (χ2v) is 5.21. The molecule has 0 bridgehead atoms. The van der Waals surface area contributed by atoms with E-state index in [0.717, 1.165) is 31.2 Å². The third kappa shape index (κ3) is 3.39. The Morgan fingerprint density at radius 1 is 1.26 bits per heavy atom. The van der Waals surface area contributed by atoms with Gasteiger partial charge in [-0.15, -0.1) is 0 Å². The molecule has 0 radical (unpaired) electrons. The Morgan fingerprint density at radius 2 is 2.00 bits per heavy atom. The molecule has 3 N–H and O–H groups in total. The zero-order chi connectivity index (χ0) is 13.8. The van der Waals surface area contributed by atoms with E-state index in [4.69, 9.17) is 15.2 Å². The summed E-state index contributed by atoms with van der Waals surface area (Å²) in [5.41, 5.74) is 6.87. The molecule has 106 valence electrons. The predicted octanol–water partition coefficient (Wildman–Crippen LogP) is 2.40. The lowest BCUT2D eigenvalue weighted by Gasteiger charge is -2.28. The average Bonchev–Trinajstić information content (AvgIpc) is 2.41. The summed E-state index contributed by atoms with van der Waals surface area (Å²) in [5, 5.41) is 9.95. The molecule has 0 amide bonds. The highest BCUT2D eigenvalue weighted by atomic mass is 16.5. The minimum atomic E-state index is -0.383. The maximum absolute atomic E-state index is 9.95. The number of benzene rings is 1. The van der Waals surface area contributed by atoms with Gasteiger partial charge in [-0.3, -0.25) is 0 Å². The number of methoxy groups -OCH3 is 1. The molecule has 0 aromatic heterocycles. The van der Waals surface area contributed by atoms with E-state index >= 15 is 0 Å². The maximum Gasteiger partial charge on any atom is 0.161 e. The Morgan fingerprint density at radius 3 is 2.63 bits per heavy atom. The van der Waals surface area contributed by atoms with E-state index in [-0.39, 0.29) is 18.2 Å². The van der Waals surface area contributed by atoms with E-state index < -0.39 is 0 Å². The van der Waals surface area contributed by atoms with Crippen molar-refractivity contribution in [2.45, 2.75) is 50.9 Å². The van der Waals surface area contributed by atoms with Crippen LogP contribution in [0.4, 0.5) is 0 Å². The second kappa shape index (κ2) is 6.26. The van der Waals surface area contributed by atoms with Gasteiger partial charge >= 0.3 is 0 Å². The molecule has 4 heteroatoms. The summed E-state index contributed by atoms with van der Waals surface area (Å²) in [6, 6.07) is 5.68. The summed E-state index contributed by atoms with van der Waals surface area (Å²) in [7, 11) is 1.62. The normalized spacial score (nSPS) is 24.8. The molecule has 1 saturated carbocycles. The molecular formula is C15H23NO3. The quantitative estimate of drug-likeness (QED) is 0.877. The van der Waals surface area contributed by atoms with Gasteiger partial charge in [0.25, 0.3) is 0 Å². The van der Waals surface area contributed by atoms with Gasteiger partial charge in [-0.05, 0) is 43.9 Å². The van der Waals surface area contributed by atoms with Gasteiger partial charge in [-0.25, -0.2) is 0 Å². The van der Waals surface area contributed by atoms with Crippen LogP contribution in [0.3, 0.4) is 0 Å². The van der Waals surface area contributed by atoms with Gasteiger partial charge < -0.3 is 20.3 Å². The Balaban J connectivity index is 2.15. The van der Waals surface area contributed by atoms with Crippen molar-refractivity contribution in [3.05, 3.63) is 23.8 Å². The fourth-order valence-corrected chi connectivity index (χ4v) is 2.44. The number of hydrogen-bond acceptors (Lipinski definition) is 4. The third-order valence-electron chi connectivity index (χ3n) is 3.66. The van der Waals surface area contributed by atoms with Gasteiger partial charge in [0.05, 0.1) is 13.2 Å². The second-order valence-electron chi connectivity index (χ2n) is 5.21. The first-order chi connectivity index (χ1) is 9.11. The number of rotatable bonds is 4. The first-order valence-electron chi connectivity index (χ1n) is 6.90. The van der Waals surface area contributed by atoms with E-state index in [0.29, 0.717) is 11.5 Å². The van der Waals surface area contributed by atoms with Crippen molar-refractivity contribution >= 4 is 0 Å². The van der Waals surface area contributed by atoms with Crippen molar-refractivity contribution in [1.82, 2.24) is 0 Å². The number of aliphatic hydroxyl groups is 1. The molecule has 1 aliphatic carbocycles. The maximum atomic E-state index is 9.95. The monoisotopic (exact) mass is 265 g/mol. The van der Waals surface area contributed by atoms with E-state index in [1.54, 1.807) is 7.11 Å². The Labute approximate surface area is 114 Å². The van der Waals surface area contributed by atoms with Gasteiger partial charge in [0.2, 0.25) is 0 Å². The highest BCUT2D eigenvalue weighted by molar-refractivity contribution is 5.43. The van der Waals surface area contributed by atoms with Crippen LogP contribution < -0.4 is 15.2 Å². The number of nitrogens with two attached hydrogens (primary N) is 1. The predicted molar refractivity (Wildman–Crippen MR) is 74.5 cm³/mol. The first kappa shape index (κ1) is 14.2. The molecule has 0 spiro atoms. The van der Waals surface area contributed by atoms with Crippen molar-refractivity contribution in [2.75, 3.05) is 7.11 Å². The van der Waals surface area contributed by atoms with Crippen molar-refractivity contribution in [3.8, 4) is 11.5 Å². The van der Waals surface area contributed by atoms with Crippen LogP contribution in [0.5, 0.6) is 11.5 Å². The van der Waals surface area contributed by atoms with Crippen molar-refractivity contribution < 1.29 is 14.6 Å². The Hall–Kier alpha value is -1.26. The highest BCUT2D eigenvalue weighted by Gasteiger charge is 2.25. The van der Waals surface area contributed by atoms with Gasteiger partial charge in [-0.1, -0.05) is 12.5 Å². The molecule has 1 fully saturated rings. The van der Waals surface area contributed by atoms with Crippen molar-refractivity contribution in [1.29, 1.82) is 0 Å². The number of hydrogen-bond donors (Lipinski definition) is 2. The van der Waals surface area contributed by atoms with Crippen LogP contribution in [0.25, 0.3) is 0 Å². The minimum Gasteiger partial charge on any atom is -0.493 e. The van der Waals surface area contributed by atoms with Gasteiger partial charge in [0, 0.05) is 6.04 Å². The third-order valence-corrected chi connectivity index (χ3v) is 3.66. The molecule has 1 aliphatic rings. The minimum absolute atomic E-state index is 0.0387. The zero-order valence-electron chi connectivity index (χ0n) is 11.6. The fraction of sp³-hybridized carbons (Fsp3) is 0.600. The van der Waals surface area contributed by atoms with Gasteiger partial charge in [0.1, 0.15) is 6.10 Å². The standard InChI is InChI=1S/C15H23NO3/c1-10(16)11-7-8-14(15(9-11)18-2)19-13-6-4-3-5-12(13)17/h7-10,12-13,17H,3-6,16H2,1-2H3/t10-,12?,13?/m1/s1. The Kier molecular flexibility index (Phi) is 4.66. The van der Waals surface area contributed by atoms with Gasteiger partial charge in [0.15, 0.2) is 11.5 Å². The molecule has 0 aliphatic heterocycles. The van der Waals surface area contributed by atoms with Crippen LogP contribution in [-0.2, 0) is 0 Å². The van der Waals surface area contributed by atoms with Crippen LogP contribution in [0.15, 0.2) is 18.2 Å². The molecule has 1 aromatic rings. The molecule has 3 atom stereocenters. The average molecular weight is 265 g/mol. The van der Waals surface area contributed by atoms with Crippen LogP contribution in [0, 0.1) is 0 Å². The lowest BCUT2D eigenvalue weighted by atomic mass is 9.95.